The van der Waals surface area contributed by atoms with E-state index in [4.69, 9.17) is 0 Å². The van der Waals surface area contributed by atoms with E-state index in [-0.39, 0.29) is 16.8 Å². The Hall–Kier alpha value is -0.890. The van der Waals surface area contributed by atoms with E-state index in [1.165, 1.54) is 0 Å². The average Bonchev–Trinajstić information content (AvgIpc) is 2.64. The second kappa shape index (κ2) is 4.34. The fourth-order valence-corrected chi connectivity index (χ4v) is 3.43. The molecule has 2 rings (SSSR count). The van der Waals surface area contributed by atoms with E-state index in [9.17, 15) is 4.39 Å². The van der Waals surface area contributed by atoms with Gasteiger partial charge in [-0.15, -0.1) is 0 Å². The van der Waals surface area contributed by atoms with Gasteiger partial charge in [-0.25, -0.2) is 4.39 Å². The van der Waals surface area contributed by atoms with Gasteiger partial charge in [-0.3, -0.25) is 0 Å². The molecule has 2 heteroatoms. The molecule has 1 saturated heterocycles. The van der Waals surface area contributed by atoms with Crippen LogP contribution in [-0.2, 0) is 5.54 Å². The zero-order valence-corrected chi connectivity index (χ0v) is 12.2. The summed E-state index contributed by atoms with van der Waals surface area (Å²) in [7, 11) is 0. The highest BCUT2D eigenvalue weighted by Crippen LogP contribution is 2.47. The summed E-state index contributed by atoms with van der Waals surface area (Å²) in [5, 5.41) is 3.59. The van der Waals surface area contributed by atoms with Crippen molar-refractivity contribution in [1.82, 2.24) is 5.32 Å². The Labute approximate surface area is 110 Å². The second-order valence-corrected chi connectivity index (χ2v) is 6.62. The molecule has 0 aromatic heterocycles. The predicted molar refractivity (Wildman–Crippen MR) is 74.2 cm³/mol. The van der Waals surface area contributed by atoms with Crippen LogP contribution in [0.3, 0.4) is 0 Å². The first-order chi connectivity index (χ1) is 8.28. The quantitative estimate of drug-likeness (QED) is 0.791. The summed E-state index contributed by atoms with van der Waals surface area (Å²) in [6.07, 6.45) is 2.13. The van der Waals surface area contributed by atoms with E-state index < -0.39 is 0 Å². The lowest BCUT2D eigenvalue weighted by molar-refractivity contribution is 0.154. The number of hydrogen-bond acceptors (Lipinski definition) is 1. The van der Waals surface area contributed by atoms with E-state index in [1.54, 1.807) is 6.07 Å². The minimum atomic E-state index is -0.227. The maximum absolute atomic E-state index is 14.5. The van der Waals surface area contributed by atoms with Crippen molar-refractivity contribution < 1.29 is 4.39 Å². The van der Waals surface area contributed by atoms with Gasteiger partial charge in [-0.2, -0.15) is 0 Å². The average molecular weight is 249 g/mol. The Balaban J connectivity index is 2.64. The molecule has 1 nitrogen and oxygen atoms in total. The Morgan fingerprint density at radius 3 is 2.33 bits per heavy atom. The van der Waals surface area contributed by atoms with Crippen molar-refractivity contribution in [2.24, 2.45) is 5.41 Å². The van der Waals surface area contributed by atoms with Crippen LogP contribution in [0.1, 0.15) is 50.3 Å². The van der Waals surface area contributed by atoms with Gasteiger partial charge in [0, 0.05) is 5.56 Å². The molecule has 100 valence electrons. The number of rotatable bonds is 1. The monoisotopic (exact) mass is 249 g/mol. The lowest BCUT2D eigenvalue weighted by atomic mass is 9.67. The van der Waals surface area contributed by atoms with Crippen molar-refractivity contribution in [2.45, 2.75) is 53.0 Å². The molecule has 0 spiro atoms. The molecule has 1 unspecified atom stereocenters. The molecule has 1 aromatic rings. The fraction of sp³-hybridized carbons (Fsp3) is 0.625. The molecule has 0 aliphatic carbocycles. The van der Waals surface area contributed by atoms with Gasteiger partial charge in [-0.1, -0.05) is 26.8 Å². The first kappa shape index (κ1) is 13.5. The third kappa shape index (κ3) is 1.97. The number of benzene rings is 1. The number of nitrogens with one attached hydrogen (secondary N) is 1. The predicted octanol–water partition coefficient (Wildman–Crippen LogP) is 4.07. The molecule has 1 aliphatic heterocycles. The minimum absolute atomic E-state index is 0.00432. The Kier molecular flexibility index (Phi) is 3.26. The third-order valence-corrected chi connectivity index (χ3v) is 4.29. The second-order valence-electron chi connectivity index (χ2n) is 6.62. The van der Waals surface area contributed by atoms with Gasteiger partial charge >= 0.3 is 0 Å². The van der Waals surface area contributed by atoms with Crippen molar-refractivity contribution in [3.63, 3.8) is 0 Å². The van der Waals surface area contributed by atoms with Crippen LogP contribution >= 0.6 is 0 Å². The number of hydrogen-bond donors (Lipinski definition) is 1. The smallest absolute Gasteiger partial charge is 0.128 e. The van der Waals surface area contributed by atoms with Gasteiger partial charge in [0.05, 0.1) is 5.54 Å². The van der Waals surface area contributed by atoms with Gasteiger partial charge < -0.3 is 5.32 Å². The normalized spacial score (nSPS) is 24.6. The summed E-state index contributed by atoms with van der Waals surface area (Å²) < 4.78 is 14.5. The first-order valence-corrected chi connectivity index (χ1v) is 6.80. The maximum Gasteiger partial charge on any atom is 0.128 e. The van der Waals surface area contributed by atoms with Crippen LogP contribution in [0.2, 0.25) is 0 Å². The zero-order chi connectivity index (χ0) is 13.6. The minimum Gasteiger partial charge on any atom is -0.307 e. The summed E-state index contributed by atoms with van der Waals surface area (Å²) in [5.41, 5.74) is 2.71. The van der Waals surface area contributed by atoms with Crippen LogP contribution in [0.4, 0.5) is 4.39 Å². The largest absolute Gasteiger partial charge is 0.307 e. The molecule has 0 amide bonds. The molecule has 1 heterocycles. The highest BCUT2D eigenvalue weighted by molar-refractivity contribution is 5.39. The Morgan fingerprint density at radius 1 is 1.22 bits per heavy atom. The molecule has 0 saturated carbocycles. The molecule has 0 radical (unpaired) electrons. The van der Waals surface area contributed by atoms with Gasteiger partial charge in [0.15, 0.2) is 0 Å². The number of halogens is 1. The van der Waals surface area contributed by atoms with Crippen LogP contribution in [0, 0.1) is 25.1 Å². The fourth-order valence-electron chi connectivity index (χ4n) is 3.43. The summed E-state index contributed by atoms with van der Waals surface area (Å²) in [4.78, 5) is 0. The van der Waals surface area contributed by atoms with Crippen LogP contribution in [-0.4, -0.2) is 6.54 Å². The third-order valence-electron chi connectivity index (χ3n) is 4.29. The summed E-state index contributed by atoms with van der Waals surface area (Å²) in [5.74, 6) is -0.0585. The van der Waals surface area contributed by atoms with Crippen molar-refractivity contribution in [1.29, 1.82) is 0 Å². The highest BCUT2D eigenvalue weighted by atomic mass is 19.1. The van der Waals surface area contributed by atoms with Crippen molar-refractivity contribution >= 4 is 0 Å². The van der Waals surface area contributed by atoms with E-state index in [0.29, 0.717) is 0 Å². The SMILES string of the molecule is Cc1cc(C)c(C2(C(C)(C)C)CCCN2)c(F)c1. The van der Waals surface area contributed by atoms with Crippen molar-refractivity contribution in [3.05, 3.63) is 34.6 Å². The molecular weight excluding hydrogens is 225 g/mol. The van der Waals surface area contributed by atoms with Crippen LogP contribution < -0.4 is 5.32 Å². The number of aryl methyl sites for hydroxylation is 2. The molecule has 1 N–H and O–H groups in total. The topological polar surface area (TPSA) is 12.0 Å². The maximum atomic E-state index is 14.5. The highest BCUT2D eigenvalue weighted by Gasteiger charge is 2.47. The van der Waals surface area contributed by atoms with Crippen molar-refractivity contribution in [3.8, 4) is 0 Å². The molecule has 1 fully saturated rings. The lowest BCUT2D eigenvalue weighted by Crippen LogP contribution is -2.49. The Bertz CT molecular complexity index is 428. The summed E-state index contributed by atoms with van der Waals surface area (Å²) in [6.45, 7) is 11.5. The molecule has 1 atom stereocenters. The van der Waals surface area contributed by atoms with Crippen LogP contribution in [0.25, 0.3) is 0 Å². The van der Waals surface area contributed by atoms with Gasteiger partial charge in [0.2, 0.25) is 0 Å². The zero-order valence-electron chi connectivity index (χ0n) is 12.2. The molecule has 1 aromatic carbocycles. The first-order valence-electron chi connectivity index (χ1n) is 6.80. The van der Waals surface area contributed by atoms with Crippen molar-refractivity contribution in [2.75, 3.05) is 6.54 Å². The van der Waals surface area contributed by atoms with Crippen LogP contribution in [0.15, 0.2) is 12.1 Å². The van der Waals surface area contributed by atoms with E-state index in [1.807, 2.05) is 13.8 Å². The van der Waals surface area contributed by atoms with Crippen LogP contribution in [0.5, 0.6) is 0 Å². The molecule has 1 aliphatic rings. The molecule has 0 bridgehead atoms. The standard InChI is InChI=1S/C16H24FN/c1-11-9-12(2)14(13(17)10-11)16(15(3,4)5)7-6-8-18-16/h9-10,18H,6-8H2,1-5H3. The van der Waals surface area contributed by atoms with Gasteiger partial charge in [0.1, 0.15) is 5.82 Å². The molecular formula is C16H24FN. The van der Waals surface area contributed by atoms with Gasteiger partial charge in [0.25, 0.3) is 0 Å². The van der Waals surface area contributed by atoms with E-state index >= 15 is 0 Å². The summed E-state index contributed by atoms with van der Waals surface area (Å²) >= 11 is 0. The van der Waals surface area contributed by atoms with E-state index in [0.717, 1.165) is 36.1 Å². The molecule has 18 heavy (non-hydrogen) atoms. The lowest BCUT2D eigenvalue weighted by Gasteiger charge is -2.44. The Morgan fingerprint density at radius 2 is 1.89 bits per heavy atom. The summed E-state index contributed by atoms with van der Waals surface area (Å²) in [6, 6.07) is 3.75. The van der Waals surface area contributed by atoms with Gasteiger partial charge in [-0.05, 0) is 55.8 Å². The van der Waals surface area contributed by atoms with E-state index in [2.05, 4.69) is 32.2 Å².